The average Bonchev–Trinajstić information content (AvgIpc) is 3.07. The van der Waals surface area contributed by atoms with Crippen molar-refractivity contribution in [2.75, 3.05) is 0 Å². The first-order chi connectivity index (χ1) is 12.9. The van der Waals surface area contributed by atoms with Crippen molar-refractivity contribution in [3.8, 4) is 0 Å². The average molecular weight is 375 g/mol. The van der Waals surface area contributed by atoms with E-state index in [2.05, 4.69) is 45.9 Å². The van der Waals surface area contributed by atoms with Gasteiger partial charge in [-0.05, 0) is 91.9 Å². The molecule has 0 aromatic carbocycles. The highest BCUT2D eigenvalue weighted by atomic mass is 16.5. The minimum Gasteiger partial charge on any atom is -0.463 e. The van der Waals surface area contributed by atoms with Crippen LogP contribution in [0.3, 0.4) is 0 Å². The smallest absolute Gasteiger partial charge is 0.306 e. The molecule has 1 unspecified atom stereocenters. The van der Waals surface area contributed by atoms with Gasteiger partial charge in [-0.15, -0.1) is 0 Å². The van der Waals surface area contributed by atoms with Gasteiger partial charge in [-0.1, -0.05) is 47.8 Å². The van der Waals surface area contributed by atoms with Crippen LogP contribution in [0.5, 0.6) is 0 Å². The third-order valence-corrected chi connectivity index (χ3v) is 5.45. The summed E-state index contributed by atoms with van der Waals surface area (Å²) in [5, 5.41) is 0. The van der Waals surface area contributed by atoms with Gasteiger partial charge in [-0.25, -0.2) is 0 Å². The van der Waals surface area contributed by atoms with Gasteiger partial charge < -0.3 is 4.74 Å². The second-order valence-corrected chi connectivity index (χ2v) is 8.69. The fraction of sp³-hybridized carbons (Fsp3) is 0.720. The summed E-state index contributed by atoms with van der Waals surface area (Å²) in [5.74, 6) is 0.578. The zero-order valence-corrected chi connectivity index (χ0v) is 18.5. The van der Waals surface area contributed by atoms with E-state index in [1.807, 2.05) is 6.92 Å². The third kappa shape index (κ3) is 12.7. The maximum absolute atomic E-state index is 12.0. The second-order valence-electron chi connectivity index (χ2n) is 8.69. The summed E-state index contributed by atoms with van der Waals surface area (Å²) in [5.41, 5.74) is 4.33. The predicted octanol–water partition coefficient (Wildman–Crippen LogP) is 7.70. The van der Waals surface area contributed by atoms with Crippen molar-refractivity contribution in [3.63, 3.8) is 0 Å². The van der Waals surface area contributed by atoms with E-state index in [-0.39, 0.29) is 12.1 Å². The lowest BCUT2D eigenvalue weighted by Gasteiger charge is -2.14. The van der Waals surface area contributed by atoms with Crippen molar-refractivity contribution < 1.29 is 9.53 Å². The van der Waals surface area contributed by atoms with Crippen molar-refractivity contribution in [1.29, 1.82) is 0 Å². The quantitative estimate of drug-likeness (QED) is 0.258. The molecule has 2 nitrogen and oxygen atoms in total. The molecule has 1 aliphatic rings. The monoisotopic (exact) mass is 374 g/mol. The Morgan fingerprint density at radius 1 is 0.926 bits per heavy atom. The molecule has 0 saturated heterocycles. The topological polar surface area (TPSA) is 26.3 Å². The Morgan fingerprint density at radius 3 is 2.07 bits per heavy atom. The Kier molecular flexibility index (Phi) is 12.1. The highest BCUT2D eigenvalue weighted by Crippen LogP contribution is 2.28. The Morgan fingerprint density at radius 2 is 1.48 bits per heavy atom. The summed E-state index contributed by atoms with van der Waals surface area (Å²) in [4.78, 5) is 12.0. The van der Waals surface area contributed by atoms with Gasteiger partial charge in [0.2, 0.25) is 0 Å². The molecule has 1 saturated carbocycles. The maximum atomic E-state index is 12.0. The van der Waals surface area contributed by atoms with Crippen LogP contribution in [0.15, 0.2) is 34.9 Å². The minimum atomic E-state index is 0.00354. The van der Waals surface area contributed by atoms with Crippen molar-refractivity contribution in [2.24, 2.45) is 5.92 Å². The van der Waals surface area contributed by atoms with E-state index in [0.29, 0.717) is 12.3 Å². The standard InChI is InChI=1S/C25H42O2/c1-20(2)11-8-12-21(3)13-9-14-22(4)15-10-16-23(5)27-25(26)19-24-17-6-7-18-24/h11,13,15,23-24H,6-10,12,14,16-19H2,1-5H3/b21-13+,22-15+. The SMILES string of the molecule is CC(C)=CCC/C(C)=C/CC/C(C)=C/CCC(C)OC(=O)CC1CCCC1. The molecule has 1 fully saturated rings. The van der Waals surface area contributed by atoms with Crippen molar-refractivity contribution in [1.82, 2.24) is 0 Å². The van der Waals surface area contributed by atoms with Crippen LogP contribution in [-0.4, -0.2) is 12.1 Å². The Bertz CT molecular complexity index is 514. The van der Waals surface area contributed by atoms with E-state index in [4.69, 9.17) is 4.74 Å². The molecule has 0 N–H and O–H groups in total. The first-order valence-electron chi connectivity index (χ1n) is 11.0. The number of carbonyl (C=O) groups is 1. The van der Waals surface area contributed by atoms with Crippen LogP contribution in [0.2, 0.25) is 0 Å². The van der Waals surface area contributed by atoms with Gasteiger partial charge in [0.15, 0.2) is 0 Å². The Balaban J connectivity index is 2.15. The second kappa shape index (κ2) is 13.8. The molecule has 0 spiro atoms. The lowest BCUT2D eigenvalue weighted by atomic mass is 10.0. The third-order valence-electron chi connectivity index (χ3n) is 5.45. The predicted molar refractivity (Wildman–Crippen MR) is 117 cm³/mol. The lowest BCUT2D eigenvalue weighted by Crippen LogP contribution is -2.16. The van der Waals surface area contributed by atoms with Crippen molar-refractivity contribution >= 4 is 5.97 Å². The lowest BCUT2D eigenvalue weighted by molar-refractivity contribution is -0.149. The zero-order valence-electron chi connectivity index (χ0n) is 18.5. The number of hydrogen-bond acceptors (Lipinski definition) is 2. The molecule has 0 aromatic rings. The van der Waals surface area contributed by atoms with Crippen LogP contribution in [-0.2, 0) is 9.53 Å². The van der Waals surface area contributed by atoms with Gasteiger partial charge in [0.05, 0.1) is 6.10 Å². The van der Waals surface area contributed by atoms with Gasteiger partial charge in [-0.2, -0.15) is 0 Å². The molecule has 1 atom stereocenters. The summed E-state index contributed by atoms with van der Waals surface area (Å²) in [6.45, 7) is 10.8. The molecule has 1 rings (SSSR count). The van der Waals surface area contributed by atoms with Crippen LogP contribution >= 0.6 is 0 Å². The van der Waals surface area contributed by atoms with Crippen molar-refractivity contribution in [3.05, 3.63) is 34.9 Å². The van der Waals surface area contributed by atoms with Crippen LogP contribution < -0.4 is 0 Å². The summed E-state index contributed by atoms with van der Waals surface area (Å²) < 4.78 is 5.58. The fourth-order valence-electron chi connectivity index (χ4n) is 3.68. The molecule has 0 bridgehead atoms. The largest absolute Gasteiger partial charge is 0.463 e. The Labute approximate surface area is 168 Å². The van der Waals surface area contributed by atoms with Crippen LogP contribution in [0.4, 0.5) is 0 Å². The maximum Gasteiger partial charge on any atom is 0.306 e. The molecule has 1 aliphatic carbocycles. The highest BCUT2D eigenvalue weighted by Gasteiger charge is 2.20. The van der Waals surface area contributed by atoms with Crippen LogP contribution in [0.1, 0.15) is 105 Å². The minimum absolute atomic E-state index is 0.00354. The van der Waals surface area contributed by atoms with Gasteiger partial charge >= 0.3 is 5.97 Å². The van der Waals surface area contributed by atoms with Crippen LogP contribution in [0.25, 0.3) is 0 Å². The molecule has 0 aromatic heterocycles. The van der Waals surface area contributed by atoms with E-state index in [1.54, 1.807) is 0 Å². The molecular formula is C25H42O2. The van der Waals surface area contributed by atoms with Gasteiger partial charge in [0, 0.05) is 6.42 Å². The van der Waals surface area contributed by atoms with E-state index < -0.39 is 0 Å². The first-order valence-corrected chi connectivity index (χ1v) is 11.0. The number of esters is 1. The number of rotatable bonds is 12. The molecule has 0 radical (unpaired) electrons. The Hall–Kier alpha value is -1.31. The molecule has 27 heavy (non-hydrogen) atoms. The molecule has 0 aliphatic heterocycles. The number of hydrogen-bond donors (Lipinski definition) is 0. The normalized spacial score (nSPS) is 17.1. The molecular weight excluding hydrogens is 332 g/mol. The molecule has 2 heteroatoms. The van der Waals surface area contributed by atoms with Gasteiger partial charge in [-0.3, -0.25) is 4.79 Å². The van der Waals surface area contributed by atoms with Gasteiger partial charge in [0.1, 0.15) is 0 Å². The number of allylic oxidation sites excluding steroid dienone is 6. The number of carbonyl (C=O) groups excluding carboxylic acids is 1. The highest BCUT2D eigenvalue weighted by molar-refractivity contribution is 5.69. The van der Waals surface area contributed by atoms with Crippen LogP contribution in [0, 0.1) is 5.92 Å². The molecule has 154 valence electrons. The summed E-state index contributed by atoms with van der Waals surface area (Å²) in [6, 6.07) is 0. The summed E-state index contributed by atoms with van der Waals surface area (Å²) in [7, 11) is 0. The number of ether oxygens (including phenoxy) is 1. The van der Waals surface area contributed by atoms with E-state index in [9.17, 15) is 4.79 Å². The first kappa shape index (κ1) is 23.7. The zero-order chi connectivity index (χ0) is 20.1. The van der Waals surface area contributed by atoms with Gasteiger partial charge in [0.25, 0.3) is 0 Å². The van der Waals surface area contributed by atoms with E-state index in [0.717, 1.165) is 38.5 Å². The van der Waals surface area contributed by atoms with E-state index in [1.165, 1.54) is 42.4 Å². The molecule has 0 heterocycles. The summed E-state index contributed by atoms with van der Waals surface area (Å²) in [6.07, 6.45) is 19.1. The van der Waals surface area contributed by atoms with E-state index >= 15 is 0 Å². The van der Waals surface area contributed by atoms with Crippen molar-refractivity contribution in [2.45, 2.75) is 111 Å². The molecule has 0 amide bonds. The summed E-state index contributed by atoms with van der Waals surface area (Å²) >= 11 is 0. The fourth-order valence-corrected chi connectivity index (χ4v) is 3.68.